The maximum Gasteiger partial charge on any atom is 0.306 e. The van der Waals surface area contributed by atoms with E-state index in [0.717, 1.165) is 70.6 Å². The third-order valence-corrected chi connectivity index (χ3v) is 13.2. The second kappa shape index (κ2) is 60.6. The number of carbonyl (C=O) groups excluding carboxylic acids is 2. The SMILES string of the molecule is CC/C=C\C/C=C\C/C=C\C/C=C\C/C=C\CCCC(=O)O[C@H](COCCCCCCCCCCCCCCCCCC)COC(=O)CCCCCCCCCCCCC/C=C\CCCCCCCC. The number of ether oxygens (including phenoxy) is 3. The van der Waals surface area contributed by atoms with Gasteiger partial charge in [0.25, 0.3) is 0 Å². The Hall–Kier alpha value is -2.66. The van der Waals surface area contributed by atoms with Crippen molar-refractivity contribution in [2.75, 3.05) is 19.8 Å². The number of carbonyl (C=O) groups is 2. The summed E-state index contributed by atoms with van der Waals surface area (Å²) in [6, 6.07) is 0. The smallest absolute Gasteiger partial charge is 0.306 e. The molecule has 0 N–H and O–H groups in total. The van der Waals surface area contributed by atoms with Crippen molar-refractivity contribution in [2.24, 2.45) is 0 Å². The first-order valence-corrected chi connectivity index (χ1v) is 30.5. The minimum atomic E-state index is -0.567. The molecule has 0 fully saturated rings. The molecule has 5 heteroatoms. The number of allylic oxidation sites excluding steroid dienone is 12. The minimum absolute atomic E-state index is 0.0637. The lowest BCUT2D eigenvalue weighted by Gasteiger charge is -2.18. The molecule has 0 aromatic carbocycles. The Bertz CT molecular complexity index is 1240. The van der Waals surface area contributed by atoms with E-state index in [1.54, 1.807) is 0 Å². The first kappa shape index (κ1) is 67.3. The van der Waals surface area contributed by atoms with E-state index in [0.29, 0.717) is 19.4 Å². The number of hydrogen-bond donors (Lipinski definition) is 0. The van der Waals surface area contributed by atoms with Gasteiger partial charge in [-0.05, 0) is 83.5 Å². The minimum Gasteiger partial charge on any atom is -0.462 e. The molecule has 0 radical (unpaired) electrons. The molecule has 1 atom stereocenters. The van der Waals surface area contributed by atoms with Crippen molar-refractivity contribution in [3.63, 3.8) is 0 Å². The van der Waals surface area contributed by atoms with Crippen LogP contribution in [0.2, 0.25) is 0 Å². The van der Waals surface area contributed by atoms with Crippen molar-refractivity contribution in [2.45, 2.75) is 309 Å². The van der Waals surface area contributed by atoms with Gasteiger partial charge in [0, 0.05) is 19.4 Å². The summed E-state index contributed by atoms with van der Waals surface area (Å²) in [7, 11) is 0. The van der Waals surface area contributed by atoms with E-state index >= 15 is 0 Å². The van der Waals surface area contributed by atoms with Crippen molar-refractivity contribution in [3.05, 3.63) is 72.9 Å². The molecule has 0 aromatic rings. The molecule has 0 aliphatic rings. The monoisotopic (exact) mass is 977 g/mol. The molecule has 0 saturated heterocycles. The van der Waals surface area contributed by atoms with Crippen LogP contribution in [0.3, 0.4) is 0 Å². The number of esters is 2. The van der Waals surface area contributed by atoms with Gasteiger partial charge in [0.15, 0.2) is 6.10 Å². The first-order chi connectivity index (χ1) is 34.6. The van der Waals surface area contributed by atoms with Gasteiger partial charge in [0.2, 0.25) is 0 Å². The number of unbranched alkanes of at least 4 members (excludes halogenated alkanes) is 33. The molecule has 70 heavy (non-hydrogen) atoms. The molecule has 0 saturated carbocycles. The zero-order valence-electron chi connectivity index (χ0n) is 46.8. The fourth-order valence-corrected chi connectivity index (χ4v) is 8.72. The van der Waals surface area contributed by atoms with Crippen molar-refractivity contribution >= 4 is 11.9 Å². The van der Waals surface area contributed by atoms with Crippen LogP contribution in [0.5, 0.6) is 0 Å². The average molecular weight is 978 g/mol. The van der Waals surface area contributed by atoms with E-state index in [-0.39, 0.29) is 25.2 Å². The van der Waals surface area contributed by atoms with Crippen LogP contribution in [0.25, 0.3) is 0 Å². The summed E-state index contributed by atoms with van der Waals surface area (Å²) in [5.74, 6) is -0.452. The van der Waals surface area contributed by atoms with E-state index in [2.05, 4.69) is 93.7 Å². The predicted molar refractivity (Wildman–Crippen MR) is 307 cm³/mol. The maximum atomic E-state index is 12.9. The van der Waals surface area contributed by atoms with Gasteiger partial charge in [-0.2, -0.15) is 0 Å². The molecular formula is C65H116O5. The highest BCUT2D eigenvalue weighted by Gasteiger charge is 2.17. The Morgan fingerprint density at radius 3 is 1.09 bits per heavy atom. The van der Waals surface area contributed by atoms with Crippen LogP contribution in [0, 0.1) is 0 Å². The van der Waals surface area contributed by atoms with Gasteiger partial charge in [-0.15, -0.1) is 0 Å². The van der Waals surface area contributed by atoms with E-state index in [1.165, 1.54) is 199 Å². The number of rotatable bonds is 56. The summed E-state index contributed by atoms with van der Waals surface area (Å²) in [6.07, 6.45) is 79.4. The van der Waals surface area contributed by atoms with Crippen molar-refractivity contribution in [1.82, 2.24) is 0 Å². The molecule has 0 heterocycles. The highest BCUT2D eigenvalue weighted by molar-refractivity contribution is 5.70. The predicted octanol–water partition coefficient (Wildman–Crippen LogP) is 21.0. The topological polar surface area (TPSA) is 61.8 Å². The summed E-state index contributed by atoms with van der Waals surface area (Å²) < 4.78 is 17.5. The molecule has 0 bridgehead atoms. The van der Waals surface area contributed by atoms with Gasteiger partial charge in [-0.3, -0.25) is 9.59 Å². The summed E-state index contributed by atoms with van der Waals surface area (Å²) in [5.41, 5.74) is 0. The standard InChI is InChI=1S/C65H116O5/c1-4-7-10-13-16-19-22-25-28-31-32-33-34-36-37-40-43-46-49-52-55-58-64(66)69-62-63(61-68-60-57-54-51-48-45-42-39-30-27-24-21-18-15-12-9-6-3)70-65(67)59-56-53-50-47-44-41-38-35-29-26-23-20-17-14-11-8-5-2/h8,11,17,20,25-26,28-29,38,41,47,50,63H,4-7,9-10,12-16,18-19,21-24,27,30-37,39-40,42-46,48-49,51-62H2,1-3H3/b11-8-,20-17-,28-25-,29-26-,41-38-,50-47-/t63-/m1/s1. The molecule has 0 aliphatic heterocycles. The first-order valence-electron chi connectivity index (χ1n) is 30.5. The molecule has 0 aromatic heterocycles. The van der Waals surface area contributed by atoms with Crippen LogP contribution in [0.1, 0.15) is 303 Å². The highest BCUT2D eigenvalue weighted by atomic mass is 16.6. The van der Waals surface area contributed by atoms with Crippen LogP contribution >= 0.6 is 0 Å². The molecule has 5 nitrogen and oxygen atoms in total. The lowest BCUT2D eigenvalue weighted by atomic mass is 10.0. The fraction of sp³-hybridized carbons (Fsp3) is 0.785. The lowest BCUT2D eigenvalue weighted by molar-refractivity contribution is -0.162. The van der Waals surface area contributed by atoms with Gasteiger partial charge < -0.3 is 14.2 Å². The van der Waals surface area contributed by atoms with E-state index in [4.69, 9.17) is 14.2 Å². The summed E-state index contributed by atoms with van der Waals surface area (Å²) >= 11 is 0. The zero-order chi connectivity index (χ0) is 50.6. The van der Waals surface area contributed by atoms with E-state index < -0.39 is 6.10 Å². The van der Waals surface area contributed by atoms with Crippen LogP contribution in [0.4, 0.5) is 0 Å². The molecule has 0 rings (SSSR count). The van der Waals surface area contributed by atoms with Crippen molar-refractivity contribution < 1.29 is 23.8 Å². The van der Waals surface area contributed by atoms with E-state index in [1.807, 2.05) is 0 Å². The highest BCUT2D eigenvalue weighted by Crippen LogP contribution is 2.16. The summed E-state index contributed by atoms with van der Waals surface area (Å²) in [6.45, 7) is 7.70. The van der Waals surface area contributed by atoms with Crippen molar-refractivity contribution in [3.8, 4) is 0 Å². The zero-order valence-corrected chi connectivity index (χ0v) is 46.8. The Kier molecular flexibility index (Phi) is 58.3. The van der Waals surface area contributed by atoms with Crippen LogP contribution < -0.4 is 0 Å². The third-order valence-electron chi connectivity index (χ3n) is 13.2. The van der Waals surface area contributed by atoms with Crippen LogP contribution in [-0.4, -0.2) is 37.9 Å². The van der Waals surface area contributed by atoms with Gasteiger partial charge in [0.1, 0.15) is 6.61 Å². The molecule has 0 amide bonds. The molecule has 0 unspecified atom stereocenters. The van der Waals surface area contributed by atoms with Crippen molar-refractivity contribution in [1.29, 1.82) is 0 Å². The summed E-state index contributed by atoms with van der Waals surface area (Å²) in [4.78, 5) is 25.5. The summed E-state index contributed by atoms with van der Waals surface area (Å²) in [5, 5.41) is 0. The third kappa shape index (κ3) is 57.9. The largest absolute Gasteiger partial charge is 0.462 e. The van der Waals surface area contributed by atoms with Gasteiger partial charge in [-0.1, -0.05) is 280 Å². The Morgan fingerprint density at radius 2 is 0.657 bits per heavy atom. The molecule has 0 aliphatic carbocycles. The maximum absolute atomic E-state index is 12.9. The van der Waals surface area contributed by atoms with Gasteiger partial charge in [0.05, 0.1) is 6.61 Å². The number of hydrogen-bond acceptors (Lipinski definition) is 5. The van der Waals surface area contributed by atoms with Gasteiger partial charge in [-0.25, -0.2) is 0 Å². The van der Waals surface area contributed by atoms with Gasteiger partial charge >= 0.3 is 11.9 Å². The quantitative estimate of drug-likeness (QED) is 0.0345. The molecular weight excluding hydrogens is 861 g/mol. The Labute approximate surface area is 436 Å². The fourth-order valence-electron chi connectivity index (χ4n) is 8.72. The second-order valence-corrected chi connectivity index (χ2v) is 20.2. The molecule has 0 spiro atoms. The van der Waals surface area contributed by atoms with E-state index in [9.17, 15) is 9.59 Å². The lowest BCUT2D eigenvalue weighted by Crippen LogP contribution is -2.30. The normalized spacial score (nSPS) is 12.7. The Morgan fingerprint density at radius 1 is 0.329 bits per heavy atom. The van der Waals surface area contributed by atoms with Crippen LogP contribution in [-0.2, 0) is 23.8 Å². The second-order valence-electron chi connectivity index (χ2n) is 20.2. The average Bonchev–Trinajstić information content (AvgIpc) is 3.36. The molecule has 406 valence electrons. The Balaban J connectivity index is 4.30. The van der Waals surface area contributed by atoms with Crippen LogP contribution in [0.15, 0.2) is 72.9 Å².